The van der Waals surface area contributed by atoms with Gasteiger partial charge in [-0.15, -0.1) is 0 Å². The lowest BCUT2D eigenvalue weighted by atomic mass is 9.98. The number of fused-ring (bicyclic) bond motifs is 2. The first-order valence-electron chi connectivity index (χ1n) is 30.3. The minimum atomic E-state index is -2.11. The summed E-state index contributed by atoms with van der Waals surface area (Å²) in [6, 6.07) is 5.37. The molecule has 3 aliphatic rings. The molecule has 4 aromatic rings. The number of nitrogens with zero attached hydrogens (tertiary/aromatic N) is 4. The van der Waals surface area contributed by atoms with E-state index >= 15 is 0 Å². The van der Waals surface area contributed by atoms with Gasteiger partial charge in [0.05, 0.1) is 43.2 Å². The van der Waals surface area contributed by atoms with E-state index in [1.54, 1.807) is 31.4 Å². The van der Waals surface area contributed by atoms with Crippen LogP contribution in [0.15, 0.2) is 71.3 Å². The van der Waals surface area contributed by atoms with Gasteiger partial charge in [0.2, 0.25) is 41.3 Å². The maximum atomic E-state index is 14.7. The van der Waals surface area contributed by atoms with Gasteiger partial charge in [0.1, 0.15) is 42.0 Å². The van der Waals surface area contributed by atoms with Crippen molar-refractivity contribution in [3.8, 4) is 40.1 Å². The fourth-order valence-corrected chi connectivity index (χ4v) is 11.3. The number of aromatic nitrogens is 2. The number of nitrogens with two attached hydrogens (primary N) is 1. The Hall–Kier alpha value is -7.60. The Bertz CT molecular complexity index is 3090. The van der Waals surface area contributed by atoms with Crippen LogP contribution in [-0.2, 0) is 49.3 Å². The van der Waals surface area contributed by atoms with Crippen molar-refractivity contribution in [3.05, 3.63) is 77.9 Å². The second kappa shape index (κ2) is 34.9. The lowest BCUT2D eigenvalue weighted by molar-refractivity contribution is -0.433. The predicted molar refractivity (Wildman–Crippen MR) is 325 cm³/mol. The van der Waals surface area contributed by atoms with Gasteiger partial charge in [-0.2, -0.15) is 4.98 Å². The van der Waals surface area contributed by atoms with Gasteiger partial charge in [0.15, 0.2) is 11.5 Å². The number of hydrogen-bond acceptors (Lipinski definition) is 25. The van der Waals surface area contributed by atoms with Gasteiger partial charge in [-0.25, -0.2) is 5.26 Å². The Morgan fingerprint density at radius 2 is 1.42 bits per heavy atom. The molecule has 3 fully saturated rings. The van der Waals surface area contributed by atoms with Crippen molar-refractivity contribution in [3.63, 3.8) is 0 Å². The van der Waals surface area contributed by atoms with Crippen LogP contribution in [0.4, 0.5) is 0 Å². The molecular formula is C60H82N10O21S. The number of β-amino-alcohol motifs (C(OH)–C–C–N with tert-alkyl or cyclic N) is 1. The molecule has 4 heterocycles. The SMILES string of the molecule is COCCCCCCCCCOc1ccc(-c2nc(-c3ccc(C(=O)N[C@H]4C[C@H](O)CNC(=O)[C@@H]5[C@@H](O)[C@H](C)CN5C(=O)[C@H]([C@H](O)CCN)NC(=O)[C@H]([C@H](O)Cc5ccc(O)c(OSOOO)c5)NC(=O)[C@@H]5C[C@H](O)CN5C(=O)[C@H]([C@H](C)O)NC4=O)cc3)no2)cc1. The van der Waals surface area contributed by atoms with Crippen molar-refractivity contribution in [2.75, 3.05) is 46.5 Å². The summed E-state index contributed by atoms with van der Waals surface area (Å²) in [5.74, 6) is -8.35. The minimum Gasteiger partial charge on any atom is -0.504 e. The summed E-state index contributed by atoms with van der Waals surface area (Å²) in [7, 11) is 1.71. The molecule has 0 saturated carbocycles. The molecule has 0 spiro atoms. The molecule has 7 rings (SSSR count). The van der Waals surface area contributed by atoms with E-state index in [9.17, 15) is 69.3 Å². The quantitative estimate of drug-likeness (QED) is 0.0163. The van der Waals surface area contributed by atoms with Gasteiger partial charge in [-0.3, -0.25) is 33.6 Å². The zero-order valence-electron chi connectivity index (χ0n) is 51.0. The number of ether oxygens (including phenoxy) is 2. The number of aromatic hydroxyl groups is 1. The zero-order valence-corrected chi connectivity index (χ0v) is 51.9. The lowest BCUT2D eigenvalue weighted by Crippen LogP contribution is -2.64. The van der Waals surface area contributed by atoms with Gasteiger partial charge in [0.25, 0.3) is 24.1 Å². The predicted octanol–water partition coefficient (Wildman–Crippen LogP) is -0.474. The number of phenols is 1. The Kier molecular flexibility index (Phi) is 27.2. The highest BCUT2D eigenvalue weighted by atomic mass is 32.2. The number of rotatable bonds is 26. The van der Waals surface area contributed by atoms with Crippen molar-refractivity contribution in [2.24, 2.45) is 11.7 Å². The standard InChI is InChI=1S/C60H82N10O21S/c1-32-30-70-50(51(32)77)57(82)62-29-38(72)27-41(63-53(78)36-14-12-35(13-15-36)52-67-58(88-68-52)37-16-18-40(19-17-37)87-24-10-8-6-4-5-7-9-23-86-3)54(79)64-47(33(2)71)59(83)69-31-39(73)28-42(69)55(80)65-48(56(81)66-49(60(70)84)44(75)21-22-61)45(76)25-34-11-20-43(74)46(26-34)89-92-91-90-85/h11-20,26,32-33,38-39,41-42,44-45,47-51,71-77,85H,4-10,21-25,27-31,61H2,1-3H3,(H,62,82)(H,63,78)(H,64,79)(H,65,80)(H,66,81)/t32-,33+,38+,39+,41+,42+,44-,45-,47+,48+,49+,50+,51+/m1/s1. The summed E-state index contributed by atoms with van der Waals surface area (Å²) < 4.78 is 25.9. The monoisotopic (exact) mass is 1310 g/mol. The third-order valence-electron chi connectivity index (χ3n) is 16.1. The van der Waals surface area contributed by atoms with Gasteiger partial charge < -0.3 is 96.0 Å². The minimum absolute atomic E-state index is 0.0202. The first-order chi connectivity index (χ1) is 44.1. The second-order valence-electron chi connectivity index (χ2n) is 23.0. The molecule has 92 heavy (non-hydrogen) atoms. The highest BCUT2D eigenvalue weighted by molar-refractivity contribution is 7.90. The largest absolute Gasteiger partial charge is 0.504 e. The Morgan fingerprint density at radius 3 is 2.10 bits per heavy atom. The van der Waals surface area contributed by atoms with Crippen LogP contribution >= 0.6 is 12.3 Å². The maximum absolute atomic E-state index is 14.7. The molecule has 7 amide bonds. The first-order valence-corrected chi connectivity index (χ1v) is 31.0. The summed E-state index contributed by atoms with van der Waals surface area (Å²) in [5, 5.41) is 107. The van der Waals surface area contributed by atoms with Crippen molar-refractivity contribution in [1.82, 2.24) is 46.5 Å². The van der Waals surface area contributed by atoms with Gasteiger partial charge >= 0.3 is 0 Å². The fourth-order valence-electron chi connectivity index (χ4n) is 11.0. The highest BCUT2D eigenvalue weighted by Crippen LogP contribution is 2.32. The summed E-state index contributed by atoms with van der Waals surface area (Å²) >= 11 is 0.0780. The maximum Gasteiger partial charge on any atom is 0.261 e. The molecule has 0 aliphatic carbocycles. The molecule has 3 saturated heterocycles. The number of amides is 7. The molecular weight excluding hydrogens is 1230 g/mol. The molecule has 15 N–H and O–H groups in total. The van der Waals surface area contributed by atoms with E-state index < -0.39 is 158 Å². The molecule has 1 aromatic heterocycles. The summed E-state index contributed by atoms with van der Waals surface area (Å²) in [6.07, 6.45) is -4.58. The topological polar surface area (TPSA) is 459 Å². The third-order valence-corrected chi connectivity index (χ3v) is 16.4. The van der Waals surface area contributed by atoms with Crippen LogP contribution in [0.1, 0.15) is 94.0 Å². The van der Waals surface area contributed by atoms with E-state index in [1.807, 2.05) is 0 Å². The number of unbranched alkanes of at least 4 members (excludes halogenated alkanes) is 6. The second-order valence-corrected chi connectivity index (χ2v) is 23.5. The Morgan fingerprint density at radius 1 is 0.772 bits per heavy atom. The van der Waals surface area contributed by atoms with E-state index in [-0.39, 0.29) is 60.4 Å². The number of hydrogen-bond donors (Lipinski definition) is 14. The Balaban J connectivity index is 1.12. The van der Waals surface area contributed by atoms with Crippen LogP contribution in [0, 0.1) is 5.92 Å². The highest BCUT2D eigenvalue weighted by Gasteiger charge is 2.50. The normalized spacial score (nSPS) is 24.7. The van der Waals surface area contributed by atoms with Crippen LogP contribution in [0.5, 0.6) is 17.2 Å². The molecule has 13 atom stereocenters. The molecule has 0 radical (unpaired) electrons. The number of carbonyl (C=O) groups excluding carboxylic acids is 7. The average molecular weight is 1310 g/mol. The van der Waals surface area contributed by atoms with Crippen LogP contribution in [0.2, 0.25) is 0 Å². The van der Waals surface area contributed by atoms with Gasteiger partial charge in [-0.1, -0.05) is 71.8 Å². The smallest absolute Gasteiger partial charge is 0.261 e. The van der Waals surface area contributed by atoms with Crippen LogP contribution < -0.4 is 41.2 Å². The number of benzene rings is 3. The van der Waals surface area contributed by atoms with Gasteiger partial charge in [-0.05, 0) is 86.8 Å². The van der Waals surface area contributed by atoms with E-state index in [2.05, 4.69) is 46.1 Å². The fraction of sp³-hybridized carbons (Fsp3) is 0.550. The van der Waals surface area contributed by atoms with E-state index in [4.69, 9.17) is 29.2 Å². The number of aliphatic hydroxyl groups excluding tert-OH is 6. The molecule has 0 bridgehead atoms. The number of carbonyl (C=O) groups is 7. The van der Waals surface area contributed by atoms with E-state index in [0.717, 1.165) is 61.5 Å². The average Bonchev–Trinajstić information content (AvgIpc) is 1.63. The van der Waals surface area contributed by atoms with E-state index in [0.29, 0.717) is 23.5 Å². The summed E-state index contributed by atoms with van der Waals surface area (Å²) in [6.45, 7) is 2.18. The van der Waals surface area contributed by atoms with Crippen LogP contribution in [-0.4, -0.2) is 222 Å². The molecule has 3 aromatic carbocycles. The van der Waals surface area contributed by atoms with Crippen molar-refractivity contribution >= 4 is 53.7 Å². The summed E-state index contributed by atoms with van der Waals surface area (Å²) in [5.41, 5.74) is 6.94. The zero-order chi connectivity index (χ0) is 66.6. The van der Waals surface area contributed by atoms with Crippen molar-refractivity contribution < 1.29 is 102 Å². The number of methoxy groups -OCH3 is 1. The van der Waals surface area contributed by atoms with Gasteiger partial charge in [0, 0.05) is 75.2 Å². The number of nitrogens with one attached hydrogen (secondary N) is 5. The van der Waals surface area contributed by atoms with Crippen LogP contribution in [0.25, 0.3) is 22.8 Å². The molecule has 3 aliphatic heterocycles. The van der Waals surface area contributed by atoms with Crippen LogP contribution in [0.3, 0.4) is 0 Å². The molecule has 32 heteroatoms. The number of aliphatic hydroxyl groups is 6. The first kappa shape index (κ1) is 71.8. The van der Waals surface area contributed by atoms with Crippen molar-refractivity contribution in [1.29, 1.82) is 0 Å². The molecule has 504 valence electrons. The molecule has 31 nitrogen and oxygen atoms in total. The van der Waals surface area contributed by atoms with E-state index in [1.165, 1.54) is 56.2 Å². The molecule has 0 unspecified atom stereocenters. The number of phenolic OH excluding ortho intramolecular Hbond substituents is 1. The Labute approximate surface area is 533 Å². The lowest BCUT2D eigenvalue weighted by Gasteiger charge is -2.34. The summed E-state index contributed by atoms with van der Waals surface area (Å²) in [4.78, 5) is 107. The van der Waals surface area contributed by atoms with Crippen molar-refractivity contribution in [2.45, 2.75) is 157 Å². The third kappa shape index (κ3) is 19.5.